The van der Waals surface area contributed by atoms with Gasteiger partial charge in [-0.05, 0) is 48.6 Å². The summed E-state index contributed by atoms with van der Waals surface area (Å²) in [7, 11) is 0. The fourth-order valence-corrected chi connectivity index (χ4v) is 2.94. The number of hydrogen-bond acceptors (Lipinski definition) is 1. The van der Waals surface area contributed by atoms with Gasteiger partial charge in [0.15, 0.2) is 0 Å². The van der Waals surface area contributed by atoms with E-state index in [0.29, 0.717) is 0 Å². The fraction of sp³-hybridized carbons (Fsp3) is 0.211. The lowest BCUT2D eigenvalue weighted by atomic mass is 9.82. The molecule has 2 heteroatoms. The normalized spacial score (nSPS) is 16.6. The van der Waals surface area contributed by atoms with Crippen molar-refractivity contribution in [2.24, 2.45) is 0 Å². The van der Waals surface area contributed by atoms with E-state index in [4.69, 9.17) is 6.42 Å². The van der Waals surface area contributed by atoms with Crippen molar-refractivity contribution >= 4 is 11.6 Å². The molecule has 3 rings (SSSR count). The summed E-state index contributed by atoms with van der Waals surface area (Å²) < 4.78 is 0. The Bertz CT molecular complexity index is 712. The Balaban J connectivity index is 1.82. The summed E-state index contributed by atoms with van der Waals surface area (Å²) in [6.07, 6.45) is 8.41. The number of nitrogens with one attached hydrogen (secondary N) is 1. The summed E-state index contributed by atoms with van der Waals surface area (Å²) in [6, 6.07) is 15.6. The zero-order chi connectivity index (χ0) is 14.7. The summed E-state index contributed by atoms with van der Waals surface area (Å²) in [5.74, 6) is 2.57. The molecule has 1 aliphatic carbocycles. The predicted molar refractivity (Wildman–Crippen MR) is 85.1 cm³/mol. The highest BCUT2D eigenvalue weighted by molar-refractivity contribution is 5.96. The van der Waals surface area contributed by atoms with Gasteiger partial charge in [0.05, 0.1) is 5.92 Å². The maximum Gasteiger partial charge on any atom is 0.231 e. The first-order valence-electron chi connectivity index (χ1n) is 7.23. The molecule has 0 bridgehead atoms. The van der Waals surface area contributed by atoms with Gasteiger partial charge in [0.1, 0.15) is 0 Å². The van der Waals surface area contributed by atoms with Gasteiger partial charge in [0, 0.05) is 11.3 Å². The standard InChI is InChI=1S/C19H17NO/c1-2-14-7-5-10-16(13-14)20-19(21)18-12-6-9-15-8-3-4-11-17(15)18/h1,3-5,7-8,10-11,13,18H,6,9,12H2,(H,20,21). The van der Waals surface area contributed by atoms with Crippen LogP contribution in [0.1, 0.15) is 35.4 Å². The van der Waals surface area contributed by atoms with E-state index < -0.39 is 0 Å². The molecule has 1 aliphatic rings. The number of fused-ring (bicyclic) bond motifs is 1. The molecule has 0 fully saturated rings. The second-order valence-electron chi connectivity index (χ2n) is 5.36. The highest BCUT2D eigenvalue weighted by Crippen LogP contribution is 2.32. The molecule has 1 atom stereocenters. The highest BCUT2D eigenvalue weighted by Gasteiger charge is 2.26. The number of rotatable bonds is 2. The Labute approximate surface area is 125 Å². The van der Waals surface area contributed by atoms with Crippen LogP contribution in [0.5, 0.6) is 0 Å². The first-order valence-corrected chi connectivity index (χ1v) is 7.23. The summed E-state index contributed by atoms with van der Waals surface area (Å²) in [4.78, 5) is 12.6. The molecule has 1 N–H and O–H groups in total. The first kappa shape index (κ1) is 13.5. The number of hydrogen-bond donors (Lipinski definition) is 1. The number of carbonyl (C=O) groups excluding carboxylic acids is 1. The fourth-order valence-electron chi connectivity index (χ4n) is 2.94. The minimum absolute atomic E-state index is 0.0521. The highest BCUT2D eigenvalue weighted by atomic mass is 16.1. The van der Waals surface area contributed by atoms with Crippen molar-refractivity contribution in [1.82, 2.24) is 0 Å². The van der Waals surface area contributed by atoms with E-state index in [1.807, 2.05) is 36.4 Å². The molecule has 0 radical (unpaired) electrons. The van der Waals surface area contributed by atoms with Crippen molar-refractivity contribution < 1.29 is 4.79 Å². The minimum atomic E-state index is -0.0653. The molecule has 104 valence electrons. The molecule has 0 spiro atoms. The third-order valence-corrected chi connectivity index (χ3v) is 3.98. The molecule has 0 heterocycles. The average molecular weight is 275 g/mol. The van der Waals surface area contributed by atoms with Gasteiger partial charge < -0.3 is 5.32 Å². The third-order valence-electron chi connectivity index (χ3n) is 3.98. The van der Waals surface area contributed by atoms with Gasteiger partial charge in [-0.2, -0.15) is 0 Å². The van der Waals surface area contributed by atoms with Crippen molar-refractivity contribution in [3.63, 3.8) is 0 Å². The topological polar surface area (TPSA) is 29.1 Å². The summed E-state index contributed by atoms with van der Waals surface area (Å²) in [5.41, 5.74) is 3.99. The minimum Gasteiger partial charge on any atom is -0.326 e. The van der Waals surface area contributed by atoms with Gasteiger partial charge in [0.2, 0.25) is 5.91 Å². The van der Waals surface area contributed by atoms with Crippen LogP contribution < -0.4 is 5.32 Å². The average Bonchev–Trinajstić information content (AvgIpc) is 2.54. The van der Waals surface area contributed by atoms with Gasteiger partial charge in [-0.3, -0.25) is 4.79 Å². The number of carbonyl (C=O) groups is 1. The monoisotopic (exact) mass is 275 g/mol. The van der Waals surface area contributed by atoms with E-state index in [-0.39, 0.29) is 11.8 Å². The van der Waals surface area contributed by atoms with Crippen molar-refractivity contribution in [2.45, 2.75) is 25.2 Å². The van der Waals surface area contributed by atoms with Crippen molar-refractivity contribution in [3.8, 4) is 12.3 Å². The number of benzene rings is 2. The quantitative estimate of drug-likeness (QED) is 0.831. The predicted octanol–water partition coefficient (Wildman–Crippen LogP) is 3.73. The Morgan fingerprint density at radius 1 is 1.19 bits per heavy atom. The molecular formula is C19H17NO. The van der Waals surface area contributed by atoms with E-state index in [9.17, 15) is 4.79 Å². The zero-order valence-corrected chi connectivity index (χ0v) is 11.8. The Hall–Kier alpha value is -2.53. The van der Waals surface area contributed by atoms with Crippen molar-refractivity contribution in [3.05, 3.63) is 65.2 Å². The van der Waals surface area contributed by atoms with Crippen molar-refractivity contribution in [2.75, 3.05) is 5.32 Å². The summed E-state index contributed by atoms with van der Waals surface area (Å²) in [6.45, 7) is 0. The lowest BCUT2D eigenvalue weighted by Crippen LogP contribution is -2.24. The van der Waals surface area contributed by atoms with Crippen LogP contribution in [0, 0.1) is 12.3 Å². The molecule has 21 heavy (non-hydrogen) atoms. The van der Waals surface area contributed by atoms with Crippen LogP contribution in [0.3, 0.4) is 0 Å². The molecule has 1 amide bonds. The molecule has 2 aromatic rings. The smallest absolute Gasteiger partial charge is 0.231 e. The maximum atomic E-state index is 12.6. The van der Waals surface area contributed by atoms with Crippen LogP contribution in [0.15, 0.2) is 48.5 Å². The second-order valence-corrected chi connectivity index (χ2v) is 5.36. The zero-order valence-electron chi connectivity index (χ0n) is 11.8. The summed E-state index contributed by atoms with van der Waals surface area (Å²) >= 11 is 0. The van der Waals surface area contributed by atoms with Gasteiger partial charge in [-0.25, -0.2) is 0 Å². The SMILES string of the molecule is C#Cc1cccc(NC(=O)C2CCCc3ccccc32)c1. The molecule has 1 unspecified atom stereocenters. The van der Waals surface area contributed by atoms with Crippen LogP contribution in [-0.4, -0.2) is 5.91 Å². The van der Waals surface area contributed by atoms with Gasteiger partial charge in [-0.15, -0.1) is 6.42 Å². The number of aryl methyl sites for hydroxylation is 1. The van der Waals surface area contributed by atoms with Crippen LogP contribution in [-0.2, 0) is 11.2 Å². The molecule has 2 aromatic carbocycles. The summed E-state index contributed by atoms with van der Waals surface area (Å²) in [5, 5.41) is 2.99. The molecular weight excluding hydrogens is 258 g/mol. The van der Waals surface area contributed by atoms with E-state index in [2.05, 4.69) is 23.4 Å². The number of terminal acetylenes is 1. The molecule has 0 saturated heterocycles. The largest absolute Gasteiger partial charge is 0.326 e. The van der Waals surface area contributed by atoms with Crippen molar-refractivity contribution in [1.29, 1.82) is 0 Å². The van der Waals surface area contributed by atoms with Crippen LogP contribution in [0.25, 0.3) is 0 Å². The van der Waals surface area contributed by atoms with Crippen LogP contribution in [0.2, 0.25) is 0 Å². The van der Waals surface area contributed by atoms with Crippen LogP contribution >= 0.6 is 0 Å². The lowest BCUT2D eigenvalue weighted by Gasteiger charge is -2.24. The third kappa shape index (κ3) is 2.83. The van der Waals surface area contributed by atoms with Gasteiger partial charge in [-0.1, -0.05) is 36.3 Å². The molecule has 0 aromatic heterocycles. The Kier molecular flexibility index (Phi) is 3.75. The number of amides is 1. The van der Waals surface area contributed by atoms with Gasteiger partial charge in [0.25, 0.3) is 0 Å². The Morgan fingerprint density at radius 2 is 2.05 bits per heavy atom. The van der Waals surface area contributed by atoms with Crippen LogP contribution in [0.4, 0.5) is 5.69 Å². The van der Waals surface area contributed by atoms with E-state index >= 15 is 0 Å². The number of anilines is 1. The van der Waals surface area contributed by atoms with E-state index in [0.717, 1.165) is 36.1 Å². The first-order chi connectivity index (χ1) is 10.3. The Morgan fingerprint density at radius 3 is 2.90 bits per heavy atom. The molecule has 0 saturated carbocycles. The van der Waals surface area contributed by atoms with E-state index in [1.54, 1.807) is 0 Å². The van der Waals surface area contributed by atoms with Gasteiger partial charge >= 0.3 is 0 Å². The van der Waals surface area contributed by atoms with E-state index in [1.165, 1.54) is 5.56 Å². The second kappa shape index (κ2) is 5.85. The maximum absolute atomic E-state index is 12.6. The molecule has 2 nitrogen and oxygen atoms in total. The lowest BCUT2D eigenvalue weighted by molar-refractivity contribution is -0.117. The molecule has 0 aliphatic heterocycles.